The lowest BCUT2D eigenvalue weighted by atomic mass is 10.1. The van der Waals surface area contributed by atoms with Gasteiger partial charge in [-0.25, -0.2) is 0 Å². The number of hydrogen-bond donors (Lipinski definition) is 1. The van der Waals surface area contributed by atoms with Crippen LogP contribution in [0.4, 0.5) is 0 Å². The summed E-state index contributed by atoms with van der Waals surface area (Å²) in [5.74, 6) is 0. The molecule has 0 saturated heterocycles. The van der Waals surface area contributed by atoms with Crippen molar-refractivity contribution in [2.45, 2.75) is 22.2 Å². The van der Waals surface area contributed by atoms with Crippen molar-refractivity contribution in [3.05, 3.63) is 35.3 Å². The lowest BCUT2D eigenvalue weighted by molar-refractivity contribution is 0.797. The highest BCUT2D eigenvalue weighted by Crippen LogP contribution is 2.32. The van der Waals surface area contributed by atoms with E-state index in [-0.39, 0.29) is 6.04 Å². The van der Waals surface area contributed by atoms with Crippen LogP contribution in [0.3, 0.4) is 0 Å². The summed E-state index contributed by atoms with van der Waals surface area (Å²) in [6, 6.07) is 8.17. The third-order valence-corrected chi connectivity index (χ3v) is 3.82. The average Bonchev–Trinajstić information content (AvgIpc) is 2.71. The molecule has 1 heterocycles. The van der Waals surface area contributed by atoms with Gasteiger partial charge in [0.15, 0.2) is 4.34 Å². The highest BCUT2D eigenvalue weighted by molar-refractivity contribution is 8.01. The maximum Gasteiger partial charge on any atom is 0.178 e. The summed E-state index contributed by atoms with van der Waals surface area (Å²) in [6.45, 7) is 1.99. The van der Waals surface area contributed by atoms with Gasteiger partial charge in [0.1, 0.15) is 5.51 Å². The molecule has 78 valence electrons. The molecule has 0 saturated carbocycles. The van der Waals surface area contributed by atoms with Crippen molar-refractivity contribution in [2.24, 2.45) is 5.73 Å². The third-order valence-electron chi connectivity index (χ3n) is 1.95. The van der Waals surface area contributed by atoms with Gasteiger partial charge in [-0.1, -0.05) is 41.3 Å². The lowest BCUT2D eigenvalue weighted by Gasteiger charge is -2.10. The Kier molecular flexibility index (Phi) is 3.35. The molecule has 0 spiro atoms. The molecule has 0 aliphatic heterocycles. The van der Waals surface area contributed by atoms with Gasteiger partial charge in [0.25, 0.3) is 0 Å². The second-order valence-electron chi connectivity index (χ2n) is 3.13. The molecule has 0 fully saturated rings. The van der Waals surface area contributed by atoms with Crippen LogP contribution in [-0.4, -0.2) is 10.2 Å². The van der Waals surface area contributed by atoms with E-state index in [4.69, 9.17) is 5.73 Å². The van der Waals surface area contributed by atoms with E-state index in [1.807, 2.05) is 25.1 Å². The smallest absolute Gasteiger partial charge is 0.178 e. The van der Waals surface area contributed by atoms with E-state index in [9.17, 15) is 0 Å². The van der Waals surface area contributed by atoms with Crippen molar-refractivity contribution in [2.75, 3.05) is 0 Å². The van der Waals surface area contributed by atoms with Crippen molar-refractivity contribution in [3.8, 4) is 0 Å². The minimum absolute atomic E-state index is 0.0432. The van der Waals surface area contributed by atoms with Crippen LogP contribution in [0, 0.1) is 0 Å². The Morgan fingerprint density at radius 2 is 2.20 bits per heavy atom. The quantitative estimate of drug-likeness (QED) is 0.891. The maximum absolute atomic E-state index is 5.90. The Labute approximate surface area is 96.7 Å². The number of nitrogens with two attached hydrogens (primary N) is 1. The highest BCUT2D eigenvalue weighted by atomic mass is 32.2. The van der Waals surface area contributed by atoms with Gasteiger partial charge in [0.05, 0.1) is 0 Å². The predicted octanol–water partition coefficient (Wildman–Crippen LogP) is 2.71. The van der Waals surface area contributed by atoms with Crippen LogP contribution in [0.2, 0.25) is 0 Å². The topological polar surface area (TPSA) is 51.8 Å². The van der Waals surface area contributed by atoms with Crippen LogP contribution in [0.1, 0.15) is 18.5 Å². The lowest BCUT2D eigenvalue weighted by Crippen LogP contribution is -2.05. The molecule has 5 heteroatoms. The molecular weight excluding hydrogens is 226 g/mol. The van der Waals surface area contributed by atoms with Crippen LogP contribution < -0.4 is 5.73 Å². The van der Waals surface area contributed by atoms with E-state index < -0.39 is 0 Å². The Morgan fingerprint density at radius 1 is 1.40 bits per heavy atom. The van der Waals surface area contributed by atoms with E-state index in [1.165, 1.54) is 11.3 Å². The predicted molar refractivity (Wildman–Crippen MR) is 63.1 cm³/mol. The van der Waals surface area contributed by atoms with Crippen LogP contribution in [0.25, 0.3) is 0 Å². The minimum atomic E-state index is 0.0432. The number of benzene rings is 1. The maximum atomic E-state index is 5.90. The fourth-order valence-corrected chi connectivity index (χ4v) is 2.92. The Bertz CT molecular complexity index is 426. The van der Waals surface area contributed by atoms with Gasteiger partial charge < -0.3 is 5.73 Å². The zero-order valence-corrected chi connectivity index (χ0v) is 9.89. The molecule has 3 nitrogen and oxygen atoms in total. The van der Waals surface area contributed by atoms with Gasteiger partial charge >= 0.3 is 0 Å². The van der Waals surface area contributed by atoms with Crippen LogP contribution >= 0.6 is 23.1 Å². The standard InChI is InChI=1S/C10H11N3S2/c1-7(11)8-4-2-3-5-9(8)15-10-13-12-6-14-10/h2-7H,11H2,1H3/t7-/m1/s1. The van der Waals surface area contributed by atoms with E-state index >= 15 is 0 Å². The number of rotatable bonds is 3. The molecule has 2 aromatic rings. The fraction of sp³-hybridized carbons (Fsp3) is 0.200. The van der Waals surface area contributed by atoms with Crippen molar-refractivity contribution in [1.82, 2.24) is 10.2 Å². The minimum Gasteiger partial charge on any atom is -0.324 e. The largest absolute Gasteiger partial charge is 0.324 e. The van der Waals surface area contributed by atoms with E-state index in [0.717, 1.165) is 14.8 Å². The molecule has 0 aliphatic rings. The van der Waals surface area contributed by atoms with Gasteiger partial charge in [-0.2, -0.15) is 0 Å². The van der Waals surface area contributed by atoms with Crippen LogP contribution in [-0.2, 0) is 0 Å². The monoisotopic (exact) mass is 237 g/mol. The average molecular weight is 237 g/mol. The normalized spacial score (nSPS) is 12.7. The van der Waals surface area contributed by atoms with Crippen molar-refractivity contribution >= 4 is 23.1 Å². The summed E-state index contributed by atoms with van der Waals surface area (Å²) in [5, 5.41) is 7.81. The summed E-state index contributed by atoms with van der Waals surface area (Å²) in [7, 11) is 0. The second-order valence-corrected chi connectivity index (χ2v) is 5.26. The summed E-state index contributed by atoms with van der Waals surface area (Å²) in [5.41, 5.74) is 8.78. The molecule has 2 rings (SSSR count). The van der Waals surface area contributed by atoms with Crippen LogP contribution in [0.5, 0.6) is 0 Å². The molecule has 15 heavy (non-hydrogen) atoms. The van der Waals surface area contributed by atoms with Gasteiger partial charge in [-0.3, -0.25) is 0 Å². The SMILES string of the molecule is C[C@@H](N)c1ccccc1Sc1nncs1. The van der Waals surface area contributed by atoms with Crippen LogP contribution in [0.15, 0.2) is 39.0 Å². The van der Waals surface area contributed by atoms with Gasteiger partial charge in [-0.05, 0) is 18.6 Å². The summed E-state index contributed by atoms with van der Waals surface area (Å²) >= 11 is 3.15. The Hall–Kier alpha value is -0.910. The number of nitrogens with zero attached hydrogens (tertiary/aromatic N) is 2. The van der Waals surface area contributed by atoms with Crippen molar-refractivity contribution in [3.63, 3.8) is 0 Å². The summed E-state index contributed by atoms with van der Waals surface area (Å²) in [6.07, 6.45) is 0. The van der Waals surface area contributed by atoms with Gasteiger partial charge in [0, 0.05) is 10.9 Å². The number of hydrogen-bond acceptors (Lipinski definition) is 5. The van der Waals surface area contributed by atoms with E-state index in [2.05, 4.69) is 16.3 Å². The third kappa shape index (κ3) is 2.56. The first-order valence-corrected chi connectivity index (χ1v) is 6.25. The number of aromatic nitrogens is 2. The first kappa shape index (κ1) is 10.6. The molecule has 1 aromatic heterocycles. The molecule has 1 aromatic carbocycles. The van der Waals surface area contributed by atoms with E-state index in [0.29, 0.717) is 0 Å². The fourth-order valence-electron chi connectivity index (χ4n) is 1.25. The summed E-state index contributed by atoms with van der Waals surface area (Å²) < 4.78 is 0.947. The second kappa shape index (κ2) is 4.74. The zero-order valence-electron chi connectivity index (χ0n) is 8.25. The molecule has 2 N–H and O–H groups in total. The molecule has 0 amide bonds. The highest BCUT2D eigenvalue weighted by Gasteiger charge is 2.08. The Balaban J connectivity index is 2.28. The summed E-state index contributed by atoms with van der Waals surface area (Å²) in [4.78, 5) is 1.16. The Morgan fingerprint density at radius 3 is 2.87 bits per heavy atom. The molecule has 0 radical (unpaired) electrons. The van der Waals surface area contributed by atoms with Crippen molar-refractivity contribution < 1.29 is 0 Å². The van der Waals surface area contributed by atoms with Crippen molar-refractivity contribution in [1.29, 1.82) is 0 Å². The first-order chi connectivity index (χ1) is 7.27. The molecule has 0 bridgehead atoms. The molecule has 0 unspecified atom stereocenters. The zero-order chi connectivity index (χ0) is 10.7. The first-order valence-electron chi connectivity index (χ1n) is 4.56. The van der Waals surface area contributed by atoms with Gasteiger partial charge in [0.2, 0.25) is 0 Å². The molecule has 1 atom stereocenters. The molecule has 0 aliphatic carbocycles. The van der Waals surface area contributed by atoms with E-state index in [1.54, 1.807) is 17.3 Å². The van der Waals surface area contributed by atoms with Gasteiger partial charge in [-0.15, -0.1) is 10.2 Å². The molecular formula is C10H11N3S2.